The van der Waals surface area contributed by atoms with Gasteiger partial charge in [0.05, 0.1) is 6.54 Å². The lowest BCUT2D eigenvalue weighted by molar-refractivity contribution is -0.328. The van der Waals surface area contributed by atoms with Crippen LogP contribution in [0.5, 0.6) is 0 Å². The Hall–Kier alpha value is -4.10. The molecule has 22 nitrogen and oxygen atoms in total. The van der Waals surface area contributed by atoms with E-state index >= 15 is 0 Å². The third-order valence-electron chi connectivity index (χ3n) is 7.27. The highest BCUT2D eigenvalue weighted by Crippen LogP contribution is 2.32. The van der Waals surface area contributed by atoms with Crippen LogP contribution in [0.1, 0.15) is 32.7 Å². The summed E-state index contributed by atoms with van der Waals surface area (Å²) < 4.78 is 23.1. The van der Waals surface area contributed by atoms with E-state index in [9.17, 15) is 34.5 Å². The molecule has 0 bridgehead atoms. The first kappa shape index (κ1) is 36.7. The second-order valence-electron chi connectivity index (χ2n) is 11.2. The van der Waals surface area contributed by atoms with E-state index in [4.69, 9.17) is 45.5 Å². The van der Waals surface area contributed by atoms with Crippen LogP contribution < -0.4 is 33.8 Å². The Labute approximate surface area is 270 Å². The monoisotopic (exact) mass is 686 g/mol. The van der Waals surface area contributed by atoms with Crippen LogP contribution in [0.4, 0.5) is 11.6 Å². The second-order valence-corrected chi connectivity index (χ2v) is 11.2. The molecule has 0 spiro atoms. The molecular formula is C26H38N8O14. The third kappa shape index (κ3) is 8.67. The van der Waals surface area contributed by atoms with E-state index in [0.717, 1.165) is 15.3 Å². The summed E-state index contributed by atoms with van der Waals surface area (Å²) in [5.41, 5.74) is 13.1. The Morgan fingerprint density at radius 1 is 0.938 bits per heavy atom. The van der Waals surface area contributed by atoms with Crippen molar-refractivity contribution in [3.05, 3.63) is 45.5 Å². The Kier molecular flexibility index (Phi) is 12.5. The van der Waals surface area contributed by atoms with Crippen molar-refractivity contribution in [1.29, 1.82) is 0 Å². The van der Waals surface area contributed by atoms with E-state index in [1.807, 2.05) is 13.8 Å². The lowest BCUT2D eigenvalue weighted by Crippen LogP contribution is -2.39. The molecule has 0 saturated carbocycles. The average Bonchev–Trinajstić information content (AvgIpc) is 3.52. The van der Waals surface area contributed by atoms with Crippen LogP contribution in [-0.4, -0.2) is 114 Å². The van der Waals surface area contributed by atoms with Crippen LogP contribution in [0.3, 0.4) is 0 Å². The number of carbonyl (C=O) groups is 2. The van der Waals surface area contributed by atoms with Crippen LogP contribution in [0.2, 0.25) is 0 Å². The van der Waals surface area contributed by atoms with E-state index in [0.29, 0.717) is 6.42 Å². The summed E-state index contributed by atoms with van der Waals surface area (Å²) in [5, 5.41) is 40.8. The number of aliphatic hydroxyl groups is 3. The first-order valence-electron chi connectivity index (χ1n) is 14.6. The standard InChI is InChI=1S/C26H38N8O14/c1-11(2)7-12(28)24(39)44-10-13-18(36)20(38)22(45-13)33-6-4-16(30-26(33)41)32-48-47-21-19(37)14(9-43-17(35)8-27)46-23(21)34-5-3-15(31-42)29-25(34)40/h3-6,11-14,18-23,36-38,42H,7-10,27-28H2,1-2H3,(H,29,31,40)(H,30,32,41)/t12-,13+,14+,18+,19+,20+,21+,22+,23+/m0/s1. The van der Waals surface area contributed by atoms with Gasteiger partial charge in [-0.1, -0.05) is 13.8 Å². The molecule has 2 aliphatic heterocycles. The lowest BCUT2D eigenvalue weighted by atomic mass is 10.1. The molecule has 9 atom stereocenters. The van der Waals surface area contributed by atoms with Crippen molar-refractivity contribution in [2.75, 3.05) is 30.7 Å². The van der Waals surface area contributed by atoms with Gasteiger partial charge in [0.2, 0.25) is 0 Å². The summed E-state index contributed by atoms with van der Waals surface area (Å²) in [4.78, 5) is 66.6. The Balaban J connectivity index is 1.39. The molecule has 2 aromatic rings. The highest BCUT2D eigenvalue weighted by molar-refractivity contribution is 5.75. The number of aromatic nitrogens is 4. The van der Waals surface area contributed by atoms with Crippen molar-refractivity contribution in [2.45, 2.75) is 75.4 Å². The minimum Gasteiger partial charge on any atom is -0.462 e. The van der Waals surface area contributed by atoms with Gasteiger partial charge < -0.3 is 45.7 Å². The predicted molar refractivity (Wildman–Crippen MR) is 156 cm³/mol. The van der Waals surface area contributed by atoms with Crippen LogP contribution in [0.15, 0.2) is 34.1 Å². The van der Waals surface area contributed by atoms with E-state index in [-0.39, 0.29) is 17.6 Å². The van der Waals surface area contributed by atoms with Crippen molar-refractivity contribution in [3.63, 3.8) is 0 Å². The summed E-state index contributed by atoms with van der Waals surface area (Å²) in [5.74, 6) is -1.74. The van der Waals surface area contributed by atoms with Gasteiger partial charge in [-0.3, -0.25) is 29.4 Å². The number of aliphatic hydroxyl groups excluding tert-OH is 3. The minimum atomic E-state index is -1.59. The number of nitrogens with zero attached hydrogens (tertiary/aromatic N) is 4. The highest BCUT2D eigenvalue weighted by atomic mass is 17.3. The molecule has 2 fully saturated rings. The van der Waals surface area contributed by atoms with Gasteiger partial charge in [-0.25, -0.2) is 20.0 Å². The first-order valence-corrected chi connectivity index (χ1v) is 14.6. The van der Waals surface area contributed by atoms with Gasteiger partial charge in [-0.05, 0) is 24.5 Å². The number of esters is 2. The van der Waals surface area contributed by atoms with Crippen molar-refractivity contribution in [1.82, 2.24) is 19.1 Å². The number of nitrogens with one attached hydrogen (secondary N) is 2. The number of rotatable bonds is 15. The fourth-order valence-corrected chi connectivity index (χ4v) is 4.84. The fraction of sp³-hybridized carbons (Fsp3) is 0.615. The molecular weight excluding hydrogens is 648 g/mol. The maximum Gasteiger partial charge on any atom is 0.351 e. The molecule has 0 unspecified atom stereocenters. The quantitative estimate of drug-likeness (QED) is 0.0506. The predicted octanol–water partition coefficient (Wildman–Crippen LogP) is -3.76. The maximum atomic E-state index is 12.8. The number of hydrogen-bond donors (Lipinski definition) is 8. The zero-order valence-corrected chi connectivity index (χ0v) is 25.7. The van der Waals surface area contributed by atoms with Crippen molar-refractivity contribution < 1.29 is 58.9 Å². The first-order chi connectivity index (χ1) is 22.8. The van der Waals surface area contributed by atoms with Crippen molar-refractivity contribution in [2.24, 2.45) is 17.4 Å². The van der Waals surface area contributed by atoms with Crippen molar-refractivity contribution in [3.8, 4) is 0 Å². The molecule has 0 aromatic carbocycles. The number of carbonyl (C=O) groups excluding carboxylic acids is 2. The maximum absolute atomic E-state index is 12.8. The summed E-state index contributed by atoms with van der Waals surface area (Å²) in [6.07, 6.45) is -8.54. The van der Waals surface area contributed by atoms with E-state index in [1.54, 1.807) is 5.48 Å². The summed E-state index contributed by atoms with van der Waals surface area (Å²) in [6, 6.07) is 1.56. The largest absolute Gasteiger partial charge is 0.462 e. The topological polar surface area (TPSA) is 316 Å². The van der Waals surface area contributed by atoms with E-state index in [1.165, 1.54) is 18.3 Å². The van der Waals surface area contributed by atoms with Gasteiger partial charge in [0.1, 0.15) is 49.8 Å². The fourth-order valence-electron chi connectivity index (χ4n) is 4.84. The molecule has 4 heterocycles. The van der Waals surface area contributed by atoms with Crippen LogP contribution >= 0.6 is 0 Å². The van der Waals surface area contributed by atoms with Gasteiger partial charge in [-0.2, -0.15) is 9.97 Å². The van der Waals surface area contributed by atoms with Gasteiger partial charge in [-0.15, -0.1) is 4.99 Å². The van der Waals surface area contributed by atoms with Gasteiger partial charge >= 0.3 is 23.3 Å². The minimum absolute atomic E-state index is 0.144. The molecule has 0 amide bonds. The molecule has 0 aliphatic carbocycles. The molecule has 0 radical (unpaired) electrons. The molecule has 2 saturated heterocycles. The molecule has 4 rings (SSSR count). The summed E-state index contributed by atoms with van der Waals surface area (Å²) in [7, 11) is 0. The number of nitrogens with two attached hydrogens (primary N) is 2. The van der Waals surface area contributed by atoms with E-state index < -0.39 is 98.2 Å². The van der Waals surface area contributed by atoms with Gasteiger partial charge in [0.15, 0.2) is 30.2 Å². The second kappa shape index (κ2) is 16.3. The SMILES string of the molecule is CC(C)C[C@H](N)C(=O)OC[C@H]1O[C@@H](n2ccc(NOO[C@@H]3[C@H](O)[C@@H](COC(=O)CN)O[C@H]3n3ccc(NO)nc3=O)nc2=O)[C@H](O)[C@@H]1O. The Morgan fingerprint density at radius 2 is 1.52 bits per heavy atom. The zero-order chi connectivity index (χ0) is 35.1. The van der Waals surface area contributed by atoms with Crippen LogP contribution in [0.25, 0.3) is 0 Å². The average molecular weight is 687 g/mol. The molecule has 48 heavy (non-hydrogen) atoms. The number of anilines is 2. The van der Waals surface area contributed by atoms with E-state index in [2.05, 4.69) is 15.4 Å². The smallest absolute Gasteiger partial charge is 0.351 e. The Bertz CT molecular complexity index is 1520. The van der Waals surface area contributed by atoms with Gasteiger partial charge in [0, 0.05) is 12.4 Å². The van der Waals surface area contributed by atoms with Gasteiger partial charge in [0.25, 0.3) is 0 Å². The Morgan fingerprint density at radius 3 is 2.15 bits per heavy atom. The zero-order valence-electron chi connectivity index (χ0n) is 25.7. The normalized spacial score (nSPS) is 27.5. The lowest BCUT2D eigenvalue weighted by Gasteiger charge is -2.21. The molecule has 10 N–H and O–H groups in total. The van der Waals surface area contributed by atoms with Crippen LogP contribution in [0, 0.1) is 5.92 Å². The summed E-state index contributed by atoms with van der Waals surface area (Å²) >= 11 is 0. The van der Waals surface area contributed by atoms with Crippen molar-refractivity contribution >= 4 is 23.6 Å². The molecule has 2 aliphatic rings. The molecule has 2 aromatic heterocycles. The highest BCUT2D eigenvalue weighted by Gasteiger charge is 2.48. The van der Waals surface area contributed by atoms with Crippen LogP contribution in [-0.2, 0) is 38.4 Å². The number of hydrogen-bond acceptors (Lipinski definition) is 20. The molecule has 266 valence electrons. The molecule has 22 heteroatoms. The summed E-state index contributed by atoms with van der Waals surface area (Å²) in [6.45, 7) is 2.45. The third-order valence-corrected chi connectivity index (χ3v) is 7.27. The number of ether oxygens (including phenoxy) is 4.